The molecule has 0 heterocycles. The van der Waals surface area contributed by atoms with Gasteiger partial charge in [0, 0.05) is 5.54 Å². The van der Waals surface area contributed by atoms with Gasteiger partial charge in [0.25, 0.3) is 0 Å². The van der Waals surface area contributed by atoms with Gasteiger partial charge in [-0.15, -0.1) is 0 Å². The van der Waals surface area contributed by atoms with Gasteiger partial charge in [-0.05, 0) is 37.8 Å². The van der Waals surface area contributed by atoms with E-state index in [4.69, 9.17) is 5.26 Å². The predicted molar refractivity (Wildman–Crippen MR) is 72.9 cm³/mol. The van der Waals surface area contributed by atoms with Crippen LogP contribution < -0.4 is 5.32 Å². The minimum atomic E-state index is -0.478. The summed E-state index contributed by atoms with van der Waals surface area (Å²) in [6.07, 6.45) is 0.918. The molecule has 0 unspecified atom stereocenters. The van der Waals surface area contributed by atoms with Gasteiger partial charge in [0.05, 0.1) is 5.69 Å². The Morgan fingerprint density at radius 2 is 1.83 bits per heavy atom. The van der Waals surface area contributed by atoms with Gasteiger partial charge in [0.2, 0.25) is 0 Å². The summed E-state index contributed by atoms with van der Waals surface area (Å²) in [6, 6.07) is 6.58. The number of hydrogen-bond donors (Lipinski definition) is 1. The maximum atomic E-state index is 13.5. The minimum Gasteiger partial charge on any atom is -0.379 e. The second-order valence-corrected chi connectivity index (χ2v) is 6.52. The van der Waals surface area contributed by atoms with E-state index in [-0.39, 0.29) is 16.5 Å². The van der Waals surface area contributed by atoms with Crippen LogP contribution in [0.1, 0.15) is 46.6 Å². The number of hydrogen-bond acceptors (Lipinski definition) is 2. The molecule has 3 heteroatoms. The summed E-state index contributed by atoms with van der Waals surface area (Å²) in [5.74, 6) is -0.478. The molecule has 98 valence electrons. The van der Waals surface area contributed by atoms with Gasteiger partial charge in [-0.25, -0.2) is 4.39 Å². The highest BCUT2D eigenvalue weighted by molar-refractivity contribution is 5.59. The summed E-state index contributed by atoms with van der Waals surface area (Å²) in [7, 11) is 0. The van der Waals surface area contributed by atoms with E-state index >= 15 is 0 Å². The summed E-state index contributed by atoms with van der Waals surface area (Å²) >= 11 is 0. The monoisotopic (exact) mass is 248 g/mol. The third kappa shape index (κ3) is 4.03. The second-order valence-electron chi connectivity index (χ2n) is 6.52. The molecule has 1 rings (SSSR count). The number of rotatable bonds is 3. The van der Waals surface area contributed by atoms with Crippen molar-refractivity contribution < 1.29 is 4.39 Å². The molecule has 0 bridgehead atoms. The van der Waals surface area contributed by atoms with Crippen LogP contribution in [0.2, 0.25) is 0 Å². The van der Waals surface area contributed by atoms with Crippen LogP contribution in [0.5, 0.6) is 0 Å². The van der Waals surface area contributed by atoms with Crippen molar-refractivity contribution in [2.24, 2.45) is 5.41 Å². The normalized spacial score (nSPS) is 12.1. The molecular formula is C15H21FN2. The second kappa shape index (κ2) is 4.97. The Morgan fingerprint density at radius 3 is 2.33 bits per heavy atom. The molecule has 0 aliphatic rings. The first-order valence-corrected chi connectivity index (χ1v) is 6.11. The molecular weight excluding hydrogens is 227 g/mol. The van der Waals surface area contributed by atoms with E-state index < -0.39 is 5.82 Å². The van der Waals surface area contributed by atoms with E-state index in [1.807, 2.05) is 6.07 Å². The summed E-state index contributed by atoms with van der Waals surface area (Å²) in [6.45, 7) is 10.6. The minimum absolute atomic E-state index is 0.0829. The number of anilines is 1. The van der Waals surface area contributed by atoms with Gasteiger partial charge in [-0.1, -0.05) is 26.8 Å². The van der Waals surface area contributed by atoms with E-state index in [1.54, 1.807) is 12.1 Å². The number of nitrogens with zero attached hydrogens (tertiary/aromatic N) is 1. The number of nitriles is 1. The van der Waals surface area contributed by atoms with Crippen LogP contribution in [-0.4, -0.2) is 5.54 Å². The smallest absolute Gasteiger partial charge is 0.143 e. The Hall–Kier alpha value is -1.56. The Morgan fingerprint density at radius 1 is 1.22 bits per heavy atom. The first-order chi connectivity index (χ1) is 8.14. The zero-order chi connectivity index (χ0) is 14.0. The van der Waals surface area contributed by atoms with Crippen molar-refractivity contribution in [2.75, 3.05) is 5.32 Å². The quantitative estimate of drug-likeness (QED) is 0.864. The van der Waals surface area contributed by atoms with Crippen LogP contribution in [0.25, 0.3) is 0 Å². The molecule has 0 saturated carbocycles. The molecule has 1 aromatic carbocycles. The Kier molecular flexibility index (Phi) is 4.01. The predicted octanol–water partition coefficient (Wildman–Crippen LogP) is 4.32. The largest absolute Gasteiger partial charge is 0.379 e. The molecule has 0 radical (unpaired) electrons. The van der Waals surface area contributed by atoms with Crippen molar-refractivity contribution in [3.8, 4) is 6.07 Å². The third-order valence-electron chi connectivity index (χ3n) is 2.57. The molecule has 0 atom stereocenters. The third-order valence-corrected chi connectivity index (χ3v) is 2.57. The summed E-state index contributed by atoms with van der Waals surface area (Å²) in [4.78, 5) is 0. The molecule has 0 amide bonds. The van der Waals surface area contributed by atoms with Gasteiger partial charge in [0.15, 0.2) is 0 Å². The van der Waals surface area contributed by atoms with E-state index in [0.29, 0.717) is 5.69 Å². The van der Waals surface area contributed by atoms with Crippen LogP contribution >= 0.6 is 0 Å². The van der Waals surface area contributed by atoms with Gasteiger partial charge in [-0.3, -0.25) is 0 Å². The summed E-state index contributed by atoms with van der Waals surface area (Å²) < 4.78 is 13.5. The average Bonchev–Trinajstić information content (AvgIpc) is 2.13. The number of benzene rings is 1. The van der Waals surface area contributed by atoms with Crippen LogP contribution in [0.4, 0.5) is 10.1 Å². The molecule has 18 heavy (non-hydrogen) atoms. The first-order valence-electron chi connectivity index (χ1n) is 6.11. The van der Waals surface area contributed by atoms with Crippen molar-refractivity contribution in [1.82, 2.24) is 0 Å². The van der Waals surface area contributed by atoms with Crippen molar-refractivity contribution in [1.29, 1.82) is 5.26 Å². The lowest BCUT2D eigenvalue weighted by Crippen LogP contribution is -2.35. The molecule has 0 fully saturated rings. The standard InChI is InChI=1S/C15H21FN2/c1-14(2,3)10-15(4,5)18-13-8-6-7-12(16)11(13)9-17/h6-8,18H,10H2,1-5H3. The fourth-order valence-corrected chi connectivity index (χ4v) is 2.48. The molecule has 1 N–H and O–H groups in total. The Balaban J connectivity index is 2.98. The highest BCUT2D eigenvalue weighted by atomic mass is 19.1. The summed E-state index contributed by atoms with van der Waals surface area (Å²) in [5, 5.41) is 12.3. The lowest BCUT2D eigenvalue weighted by atomic mass is 9.81. The molecule has 1 aromatic rings. The van der Waals surface area contributed by atoms with Crippen LogP contribution in [0, 0.1) is 22.6 Å². The highest BCUT2D eigenvalue weighted by Crippen LogP contribution is 2.31. The zero-order valence-electron chi connectivity index (χ0n) is 11.8. The topological polar surface area (TPSA) is 35.8 Å². The molecule has 0 aliphatic carbocycles. The van der Waals surface area contributed by atoms with Gasteiger partial charge >= 0.3 is 0 Å². The van der Waals surface area contributed by atoms with Crippen molar-refractivity contribution in [3.63, 3.8) is 0 Å². The average molecular weight is 248 g/mol. The molecule has 2 nitrogen and oxygen atoms in total. The SMILES string of the molecule is CC(C)(C)CC(C)(C)Nc1cccc(F)c1C#N. The van der Waals surface area contributed by atoms with Crippen molar-refractivity contribution in [3.05, 3.63) is 29.6 Å². The fraction of sp³-hybridized carbons (Fsp3) is 0.533. The van der Waals surface area contributed by atoms with E-state index in [0.717, 1.165) is 6.42 Å². The first kappa shape index (κ1) is 14.5. The van der Waals surface area contributed by atoms with E-state index in [1.165, 1.54) is 6.07 Å². The Labute approximate surface area is 109 Å². The van der Waals surface area contributed by atoms with Gasteiger partial charge < -0.3 is 5.32 Å². The molecule has 0 aliphatic heterocycles. The molecule has 0 saturated heterocycles. The van der Waals surface area contributed by atoms with Crippen molar-refractivity contribution in [2.45, 2.75) is 46.6 Å². The maximum Gasteiger partial charge on any atom is 0.143 e. The Bertz CT molecular complexity index is 464. The van der Waals surface area contributed by atoms with E-state index in [2.05, 4.69) is 39.9 Å². The van der Waals surface area contributed by atoms with Crippen molar-refractivity contribution >= 4 is 5.69 Å². The van der Waals surface area contributed by atoms with Gasteiger partial charge in [0.1, 0.15) is 17.4 Å². The number of halogens is 1. The lowest BCUT2D eigenvalue weighted by Gasteiger charge is -2.34. The van der Waals surface area contributed by atoms with Crippen LogP contribution in [0.3, 0.4) is 0 Å². The summed E-state index contributed by atoms with van der Waals surface area (Å²) in [5.41, 5.74) is 0.611. The lowest BCUT2D eigenvalue weighted by molar-refractivity contribution is 0.302. The van der Waals surface area contributed by atoms with Crippen LogP contribution in [0.15, 0.2) is 18.2 Å². The maximum absolute atomic E-state index is 13.5. The highest BCUT2D eigenvalue weighted by Gasteiger charge is 2.26. The van der Waals surface area contributed by atoms with Gasteiger partial charge in [-0.2, -0.15) is 5.26 Å². The molecule has 0 spiro atoms. The van der Waals surface area contributed by atoms with Crippen LogP contribution in [-0.2, 0) is 0 Å². The zero-order valence-corrected chi connectivity index (χ0v) is 11.8. The number of nitrogens with one attached hydrogen (secondary N) is 1. The molecule has 0 aromatic heterocycles. The van der Waals surface area contributed by atoms with E-state index in [9.17, 15) is 4.39 Å². The fourth-order valence-electron chi connectivity index (χ4n) is 2.48.